The van der Waals surface area contributed by atoms with Crippen molar-refractivity contribution in [1.29, 1.82) is 0 Å². The van der Waals surface area contributed by atoms with Crippen molar-refractivity contribution >= 4 is 11.5 Å². The van der Waals surface area contributed by atoms with E-state index in [1.807, 2.05) is 0 Å². The van der Waals surface area contributed by atoms with E-state index in [-0.39, 0.29) is 6.61 Å². The number of carbonyl (C=O) groups is 1. The number of furan rings is 1. The molecule has 0 aliphatic carbocycles. The number of alkyl halides is 3. The molecule has 0 aliphatic rings. The van der Waals surface area contributed by atoms with Gasteiger partial charge in [-0.1, -0.05) is 0 Å². The molecular formula is C11H11F3O3. The largest absolute Gasteiger partial charge is 0.464 e. The number of hydrogen-bond acceptors (Lipinski definition) is 3. The first-order valence-corrected chi connectivity index (χ1v) is 4.87. The Balaban J connectivity index is 3.24. The zero-order chi connectivity index (χ0) is 13.1. The second kappa shape index (κ2) is 5.07. The van der Waals surface area contributed by atoms with Gasteiger partial charge < -0.3 is 9.15 Å². The number of halogens is 3. The lowest BCUT2D eigenvalue weighted by atomic mass is 10.1. The lowest BCUT2D eigenvalue weighted by molar-refractivity contribution is -0.138. The molecule has 0 aliphatic heterocycles. The minimum atomic E-state index is -4.67. The fourth-order valence-corrected chi connectivity index (χ4v) is 1.30. The zero-order valence-electron chi connectivity index (χ0n) is 9.30. The van der Waals surface area contributed by atoms with E-state index in [2.05, 4.69) is 9.15 Å². The number of carbonyl (C=O) groups excluding carboxylic acids is 1. The number of rotatable bonds is 3. The summed E-state index contributed by atoms with van der Waals surface area (Å²) in [5, 5.41) is 0. The Bertz CT molecular complexity index is 416. The predicted octanol–water partition coefficient (Wildman–Crippen LogP) is 3.18. The molecule has 0 amide bonds. The summed E-state index contributed by atoms with van der Waals surface area (Å²) >= 11 is 0. The van der Waals surface area contributed by atoms with Crippen molar-refractivity contribution in [2.24, 2.45) is 0 Å². The van der Waals surface area contributed by atoms with Crippen LogP contribution in [0.5, 0.6) is 0 Å². The molecule has 6 heteroatoms. The van der Waals surface area contributed by atoms with Gasteiger partial charge in [0.25, 0.3) is 0 Å². The van der Waals surface area contributed by atoms with Crippen LogP contribution in [0.1, 0.15) is 19.6 Å². The molecule has 1 heterocycles. The van der Waals surface area contributed by atoms with Crippen LogP contribution in [-0.2, 0) is 9.53 Å². The Hall–Kier alpha value is -1.72. The second-order valence-corrected chi connectivity index (χ2v) is 3.20. The van der Waals surface area contributed by atoms with E-state index in [1.54, 1.807) is 0 Å². The van der Waals surface area contributed by atoms with Crippen LogP contribution >= 0.6 is 0 Å². The third-order valence-electron chi connectivity index (χ3n) is 2.01. The number of ether oxygens (including phenoxy) is 1. The van der Waals surface area contributed by atoms with Gasteiger partial charge in [0, 0.05) is 0 Å². The van der Waals surface area contributed by atoms with Gasteiger partial charge in [0.15, 0.2) is 0 Å². The van der Waals surface area contributed by atoms with Gasteiger partial charge in [-0.3, -0.25) is 0 Å². The molecule has 94 valence electrons. The molecule has 17 heavy (non-hydrogen) atoms. The predicted molar refractivity (Wildman–Crippen MR) is 54.0 cm³/mol. The van der Waals surface area contributed by atoms with Gasteiger partial charge in [-0.25, -0.2) is 4.79 Å². The van der Waals surface area contributed by atoms with Crippen molar-refractivity contribution in [3.05, 3.63) is 29.7 Å². The Kier molecular flexibility index (Phi) is 3.98. The summed E-state index contributed by atoms with van der Waals surface area (Å²) in [5.74, 6) is -1.40. The highest BCUT2D eigenvalue weighted by molar-refractivity contribution is 5.97. The molecule has 0 saturated carbocycles. The first-order valence-electron chi connectivity index (χ1n) is 4.87. The Morgan fingerprint density at radius 1 is 1.47 bits per heavy atom. The lowest BCUT2D eigenvalue weighted by Gasteiger charge is -2.12. The van der Waals surface area contributed by atoms with Gasteiger partial charge in [-0.05, 0) is 26.0 Å². The molecule has 0 atom stereocenters. The van der Waals surface area contributed by atoms with Gasteiger partial charge >= 0.3 is 12.1 Å². The van der Waals surface area contributed by atoms with Crippen molar-refractivity contribution in [2.75, 3.05) is 6.61 Å². The topological polar surface area (TPSA) is 39.4 Å². The summed E-state index contributed by atoms with van der Waals surface area (Å²) in [6.45, 7) is 2.59. The molecule has 0 radical (unpaired) electrons. The van der Waals surface area contributed by atoms with E-state index >= 15 is 0 Å². The van der Waals surface area contributed by atoms with E-state index in [0.717, 1.165) is 19.3 Å². The van der Waals surface area contributed by atoms with Crippen LogP contribution in [-0.4, -0.2) is 18.8 Å². The highest BCUT2D eigenvalue weighted by atomic mass is 19.4. The van der Waals surface area contributed by atoms with Crippen LogP contribution in [0.4, 0.5) is 13.2 Å². The van der Waals surface area contributed by atoms with E-state index in [9.17, 15) is 18.0 Å². The molecule has 0 fully saturated rings. The smallest absolute Gasteiger partial charge is 0.420 e. The van der Waals surface area contributed by atoms with Crippen LogP contribution in [0.25, 0.3) is 5.57 Å². The molecule has 1 aromatic heterocycles. The SMILES string of the molecule is CCOC(=O)/C(C)=C(/c1ccco1)C(F)(F)F. The third-order valence-corrected chi connectivity index (χ3v) is 2.01. The lowest BCUT2D eigenvalue weighted by Crippen LogP contribution is -2.17. The summed E-state index contributed by atoms with van der Waals surface area (Å²) in [6, 6.07) is 2.46. The van der Waals surface area contributed by atoms with Crippen molar-refractivity contribution in [3.8, 4) is 0 Å². The summed E-state index contributed by atoms with van der Waals surface area (Å²) in [4.78, 5) is 11.3. The number of hydrogen-bond donors (Lipinski definition) is 0. The first kappa shape index (κ1) is 13.3. The van der Waals surface area contributed by atoms with Crippen LogP contribution in [0.3, 0.4) is 0 Å². The molecule has 1 rings (SSSR count). The maximum absolute atomic E-state index is 12.8. The van der Waals surface area contributed by atoms with Crippen LogP contribution in [0, 0.1) is 0 Å². The maximum Gasteiger partial charge on any atom is 0.420 e. The summed E-state index contributed by atoms with van der Waals surface area (Å²) in [5.41, 5.74) is -1.63. The van der Waals surface area contributed by atoms with Gasteiger partial charge in [0.1, 0.15) is 11.3 Å². The highest BCUT2D eigenvalue weighted by Gasteiger charge is 2.39. The Morgan fingerprint density at radius 2 is 2.12 bits per heavy atom. The fraction of sp³-hybridized carbons (Fsp3) is 0.364. The van der Waals surface area contributed by atoms with Crippen LogP contribution in [0.15, 0.2) is 28.4 Å². The van der Waals surface area contributed by atoms with Crippen LogP contribution < -0.4 is 0 Å². The van der Waals surface area contributed by atoms with Crippen molar-refractivity contribution in [3.63, 3.8) is 0 Å². The molecule has 0 aromatic carbocycles. The summed E-state index contributed by atoms with van der Waals surface area (Å²) in [6.07, 6.45) is -3.56. The average Bonchev–Trinajstić information content (AvgIpc) is 2.69. The molecule has 0 N–H and O–H groups in total. The standard InChI is InChI=1S/C11H11F3O3/c1-3-16-10(15)7(2)9(11(12,13)14)8-5-4-6-17-8/h4-6H,3H2,1-2H3/b9-7-. The normalized spacial score (nSPS) is 13.2. The Morgan fingerprint density at radius 3 is 2.53 bits per heavy atom. The summed E-state index contributed by atoms with van der Waals surface area (Å²) in [7, 11) is 0. The second-order valence-electron chi connectivity index (χ2n) is 3.20. The maximum atomic E-state index is 12.8. The van der Waals surface area contributed by atoms with Gasteiger partial charge in [0.2, 0.25) is 0 Å². The van der Waals surface area contributed by atoms with Crippen LogP contribution in [0.2, 0.25) is 0 Å². The minimum Gasteiger partial charge on any atom is -0.464 e. The summed E-state index contributed by atoms with van der Waals surface area (Å²) < 4.78 is 47.7. The quantitative estimate of drug-likeness (QED) is 0.609. The van der Waals surface area contributed by atoms with Gasteiger partial charge in [-0.2, -0.15) is 13.2 Å². The number of allylic oxidation sites excluding steroid dienone is 1. The average molecular weight is 248 g/mol. The van der Waals surface area contributed by atoms with E-state index in [4.69, 9.17) is 0 Å². The third kappa shape index (κ3) is 3.12. The number of esters is 1. The van der Waals surface area contributed by atoms with E-state index in [1.165, 1.54) is 13.0 Å². The molecule has 3 nitrogen and oxygen atoms in total. The monoisotopic (exact) mass is 248 g/mol. The fourth-order valence-electron chi connectivity index (χ4n) is 1.30. The first-order chi connectivity index (χ1) is 7.88. The highest BCUT2D eigenvalue weighted by Crippen LogP contribution is 2.36. The molecule has 0 unspecified atom stereocenters. The van der Waals surface area contributed by atoms with E-state index in [0.29, 0.717) is 0 Å². The van der Waals surface area contributed by atoms with Gasteiger partial charge in [0.05, 0.1) is 18.4 Å². The van der Waals surface area contributed by atoms with Crippen molar-refractivity contribution < 1.29 is 27.1 Å². The molecule has 0 bridgehead atoms. The molecule has 1 aromatic rings. The Labute approximate surface area is 95.9 Å². The van der Waals surface area contributed by atoms with Crippen molar-refractivity contribution in [2.45, 2.75) is 20.0 Å². The van der Waals surface area contributed by atoms with Crippen molar-refractivity contribution in [1.82, 2.24) is 0 Å². The minimum absolute atomic E-state index is 0.0134. The molecular weight excluding hydrogens is 237 g/mol. The zero-order valence-corrected chi connectivity index (χ0v) is 9.30. The van der Waals surface area contributed by atoms with E-state index < -0.39 is 29.1 Å². The molecule has 0 spiro atoms. The molecule has 0 saturated heterocycles. The van der Waals surface area contributed by atoms with Gasteiger partial charge in [-0.15, -0.1) is 0 Å².